The summed E-state index contributed by atoms with van der Waals surface area (Å²) in [6.45, 7) is 1.96. The van der Waals surface area contributed by atoms with Crippen molar-refractivity contribution in [3.05, 3.63) is 61.8 Å². The third-order valence-electron chi connectivity index (χ3n) is 4.96. The van der Waals surface area contributed by atoms with Gasteiger partial charge in [-0.25, -0.2) is 0 Å². The lowest BCUT2D eigenvalue weighted by Gasteiger charge is -2.28. The maximum atomic E-state index is 12.9. The highest BCUT2D eigenvalue weighted by molar-refractivity contribution is 7.09. The van der Waals surface area contributed by atoms with Gasteiger partial charge in [-0.1, -0.05) is 12.1 Å². The molecule has 1 unspecified atom stereocenters. The molecule has 1 saturated heterocycles. The second kappa shape index (κ2) is 7.78. The van der Waals surface area contributed by atoms with Gasteiger partial charge in [0.2, 0.25) is 0 Å². The molecule has 1 fully saturated rings. The summed E-state index contributed by atoms with van der Waals surface area (Å²) >= 11 is 1.60. The number of hydrogen-bond acceptors (Lipinski definition) is 7. The van der Waals surface area contributed by atoms with E-state index in [0.717, 1.165) is 29.2 Å². The Morgan fingerprint density at radius 3 is 2.79 bits per heavy atom. The van der Waals surface area contributed by atoms with E-state index in [1.807, 2.05) is 22.4 Å². The molecule has 0 N–H and O–H groups in total. The number of imide groups is 1. The van der Waals surface area contributed by atoms with E-state index in [0.29, 0.717) is 13.1 Å². The van der Waals surface area contributed by atoms with E-state index in [1.165, 1.54) is 18.2 Å². The molecule has 2 aliphatic rings. The van der Waals surface area contributed by atoms with Gasteiger partial charge in [0.25, 0.3) is 17.5 Å². The molecular weight excluding hydrogens is 382 g/mol. The van der Waals surface area contributed by atoms with Gasteiger partial charge in [0.15, 0.2) is 0 Å². The summed E-state index contributed by atoms with van der Waals surface area (Å²) in [5, 5.41) is 13.3. The lowest BCUT2D eigenvalue weighted by Crippen LogP contribution is -2.43. The minimum Gasteiger partial charge on any atom is -0.377 e. The number of rotatable bonds is 7. The highest BCUT2D eigenvalue weighted by Crippen LogP contribution is 2.31. The van der Waals surface area contributed by atoms with Crippen LogP contribution in [0.4, 0.5) is 5.69 Å². The number of hydrogen-bond donors (Lipinski definition) is 0. The number of amides is 2. The maximum absolute atomic E-state index is 12.9. The molecule has 0 aliphatic carbocycles. The number of nitro benzene ring substituents is 1. The van der Waals surface area contributed by atoms with Crippen molar-refractivity contribution >= 4 is 28.8 Å². The first-order valence-corrected chi connectivity index (χ1v) is 9.92. The highest BCUT2D eigenvalue weighted by atomic mass is 32.1. The van der Waals surface area contributed by atoms with Crippen molar-refractivity contribution in [1.29, 1.82) is 0 Å². The minimum atomic E-state index is -0.622. The van der Waals surface area contributed by atoms with E-state index in [1.54, 1.807) is 11.3 Å². The SMILES string of the molecule is O=C1c2cccc([N+](=O)[O-])c2C(=O)N1CN(Cc1cccs1)CC1CCCO1. The average Bonchev–Trinajstić information content (AvgIpc) is 3.41. The van der Waals surface area contributed by atoms with Gasteiger partial charge in [0, 0.05) is 30.6 Å². The zero-order valence-electron chi connectivity index (χ0n) is 15.1. The fraction of sp³-hybridized carbons (Fsp3) is 0.368. The van der Waals surface area contributed by atoms with Gasteiger partial charge in [0.1, 0.15) is 5.56 Å². The Labute approximate surface area is 165 Å². The molecule has 0 saturated carbocycles. The fourth-order valence-electron chi connectivity index (χ4n) is 3.67. The topological polar surface area (TPSA) is 93.0 Å². The third-order valence-corrected chi connectivity index (χ3v) is 5.82. The van der Waals surface area contributed by atoms with Gasteiger partial charge in [-0.2, -0.15) is 0 Å². The van der Waals surface area contributed by atoms with Crippen molar-refractivity contribution < 1.29 is 19.2 Å². The largest absolute Gasteiger partial charge is 0.377 e. The number of fused-ring (bicyclic) bond motifs is 1. The molecule has 9 heteroatoms. The number of thiophene rings is 1. The molecule has 8 nitrogen and oxygen atoms in total. The molecule has 0 radical (unpaired) electrons. The average molecular weight is 401 g/mol. The second-order valence-electron chi connectivity index (χ2n) is 6.86. The van der Waals surface area contributed by atoms with Crippen LogP contribution in [0, 0.1) is 10.1 Å². The molecule has 146 valence electrons. The first kappa shape index (κ1) is 18.7. The van der Waals surface area contributed by atoms with Gasteiger partial charge in [-0.15, -0.1) is 11.3 Å². The Morgan fingerprint density at radius 1 is 1.25 bits per heavy atom. The predicted molar refractivity (Wildman–Crippen MR) is 102 cm³/mol. The Bertz CT molecular complexity index is 908. The summed E-state index contributed by atoms with van der Waals surface area (Å²) in [6.07, 6.45) is 2.00. The van der Waals surface area contributed by atoms with Crippen molar-refractivity contribution in [2.45, 2.75) is 25.5 Å². The standard InChI is InChI=1S/C19H19N3O5S/c23-18-15-6-1-7-16(22(25)26)17(15)19(24)21(18)12-20(10-13-4-2-8-27-13)11-14-5-3-9-28-14/h1,3,5-7,9,13H,2,4,8,10-12H2. The molecule has 1 aromatic carbocycles. The van der Waals surface area contributed by atoms with E-state index < -0.39 is 16.7 Å². The molecule has 2 aliphatic heterocycles. The Morgan fingerprint density at radius 2 is 2.11 bits per heavy atom. The Hall–Kier alpha value is -2.62. The quantitative estimate of drug-likeness (QED) is 0.402. The first-order chi connectivity index (χ1) is 13.5. The van der Waals surface area contributed by atoms with Crippen LogP contribution in [0.15, 0.2) is 35.7 Å². The summed E-state index contributed by atoms with van der Waals surface area (Å²) in [4.78, 5) is 40.5. The molecule has 2 aromatic rings. The van der Waals surface area contributed by atoms with E-state index in [2.05, 4.69) is 0 Å². The summed E-state index contributed by atoms with van der Waals surface area (Å²) in [5.41, 5.74) is -0.361. The van der Waals surface area contributed by atoms with Crippen LogP contribution in [-0.4, -0.2) is 52.5 Å². The van der Waals surface area contributed by atoms with E-state index in [4.69, 9.17) is 4.74 Å². The number of nitrogens with zero attached hydrogens (tertiary/aromatic N) is 3. The number of benzene rings is 1. The van der Waals surface area contributed by atoms with Gasteiger partial charge < -0.3 is 4.74 Å². The Balaban J connectivity index is 1.57. The van der Waals surface area contributed by atoms with E-state index in [9.17, 15) is 19.7 Å². The highest BCUT2D eigenvalue weighted by Gasteiger charge is 2.41. The van der Waals surface area contributed by atoms with Crippen molar-refractivity contribution in [2.75, 3.05) is 19.8 Å². The number of ether oxygens (including phenoxy) is 1. The van der Waals surface area contributed by atoms with Crippen molar-refractivity contribution in [3.8, 4) is 0 Å². The molecular formula is C19H19N3O5S. The first-order valence-electron chi connectivity index (χ1n) is 9.04. The minimum absolute atomic E-state index is 0.0597. The van der Waals surface area contributed by atoms with E-state index in [-0.39, 0.29) is 29.6 Å². The molecule has 28 heavy (non-hydrogen) atoms. The zero-order valence-corrected chi connectivity index (χ0v) is 15.9. The van der Waals surface area contributed by atoms with Crippen LogP contribution >= 0.6 is 11.3 Å². The predicted octanol–water partition coefficient (Wildman–Crippen LogP) is 2.89. The molecule has 1 aromatic heterocycles. The molecule has 0 bridgehead atoms. The molecule has 4 rings (SSSR count). The van der Waals surface area contributed by atoms with Gasteiger partial charge in [-0.05, 0) is 30.4 Å². The number of carbonyl (C=O) groups is 2. The fourth-order valence-corrected chi connectivity index (χ4v) is 4.41. The van der Waals surface area contributed by atoms with Gasteiger partial charge >= 0.3 is 0 Å². The summed E-state index contributed by atoms with van der Waals surface area (Å²) in [5.74, 6) is -1.11. The lowest BCUT2D eigenvalue weighted by molar-refractivity contribution is -0.385. The van der Waals surface area contributed by atoms with Crippen LogP contribution < -0.4 is 0 Å². The van der Waals surface area contributed by atoms with Crippen molar-refractivity contribution in [1.82, 2.24) is 9.80 Å². The van der Waals surface area contributed by atoms with Crippen LogP contribution in [0.2, 0.25) is 0 Å². The van der Waals surface area contributed by atoms with Gasteiger partial charge in [0.05, 0.1) is 23.3 Å². The van der Waals surface area contributed by atoms with Crippen LogP contribution in [0.3, 0.4) is 0 Å². The number of carbonyl (C=O) groups excluding carboxylic acids is 2. The maximum Gasteiger partial charge on any atom is 0.282 e. The second-order valence-corrected chi connectivity index (χ2v) is 7.89. The van der Waals surface area contributed by atoms with Gasteiger partial charge in [-0.3, -0.25) is 29.5 Å². The van der Waals surface area contributed by atoms with Crippen molar-refractivity contribution in [3.63, 3.8) is 0 Å². The smallest absolute Gasteiger partial charge is 0.282 e. The molecule has 3 heterocycles. The normalized spacial score (nSPS) is 18.9. The molecule has 0 spiro atoms. The number of nitro groups is 1. The van der Waals surface area contributed by atoms with Crippen molar-refractivity contribution in [2.24, 2.45) is 0 Å². The summed E-state index contributed by atoms with van der Waals surface area (Å²) in [6, 6.07) is 8.10. The van der Waals surface area contributed by atoms with Crippen LogP contribution in [0.1, 0.15) is 38.4 Å². The van der Waals surface area contributed by atoms with Crippen LogP contribution in [0.25, 0.3) is 0 Å². The lowest BCUT2D eigenvalue weighted by atomic mass is 10.1. The molecule has 2 amide bonds. The zero-order chi connectivity index (χ0) is 19.7. The summed E-state index contributed by atoms with van der Waals surface area (Å²) < 4.78 is 5.72. The Kier molecular flexibility index (Phi) is 5.21. The molecule has 1 atom stereocenters. The third kappa shape index (κ3) is 3.56. The monoisotopic (exact) mass is 401 g/mol. The van der Waals surface area contributed by atoms with Crippen LogP contribution in [0.5, 0.6) is 0 Å². The van der Waals surface area contributed by atoms with E-state index >= 15 is 0 Å². The summed E-state index contributed by atoms with van der Waals surface area (Å²) in [7, 11) is 0. The van der Waals surface area contributed by atoms with Crippen LogP contribution in [-0.2, 0) is 11.3 Å².